The van der Waals surface area contributed by atoms with Crippen molar-refractivity contribution in [3.8, 4) is 0 Å². The van der Waals surface area contributed by atoms with Crippen LogP contribution in [-0.4, -0.2) is 30.4 Å². The molecule has 0 amide bonds. The Morgan fingerprint density at radius 2 is 2.17 bits per heavy atom. The maximum atomic E-state index is 11.5. The number of rotatable bonds is 8. The fourth-order valence-electron chi connectivity index (χ4n) is 1.52. The topological polar surface area (TPSA) is 43.3 Å². The van der Waals surface area contributed by atoms with Gasteiger partial charge in [-0.15, -0.1) is 0 Å². The molecule has 0 unspecified atom stereocenters. The zero-order valence-electron chi connectivity index (χ0n) is 11.0. The van der Waals surface area contributed by atoms with Gasteiger partial charge in [-0.2, -0.15) is 0 Å². The van der Waals surface area contributed by atoms with Crippen LogP contribution in [-0.2, 0) is 11.3 Å². The summed E-state index contributed by atoms with van der Waals surface area (Å²) in [6, 6.07) is 3.33. The van der Waals surface area contributed by atoms with Gasteiger partial charge in [0, 0.05) is 36.4 Å². The standard InChI is InChI=1S/C13H21BrN2O2/c1-11(2)18-9-3-6-15-7-8-16-10-12(14)4-5-13(16)17/h4-5,10-11,15H,3,6-9H2,1-2H3. The van der Waals surface area contributed by atoms with Crippen LogP contribution >= 0.6 is 15.9 Å². The van der Waals surface area contributed by atoms with Gasteiger partial charge in [-0.05, 0) is 48.8 Å². The van der Waals surface area contributed by atoms with Crippen LogP contribution in [0.1, 0.15) is 20.3 Å². The van der Waals surface area contributed by atoms with Crippen LogP contribution in [0.3, 0.4) is 0 Å². The number of aromatic nitrogens is 1. The van der Waals surface area contributed by atoms with Crippen LogP contribution < -0.4 is 10.9 Å². The first-order valence-electron chi connectivity index (χ1n) is 6.28. The number of nitrogens with one attached hydrogen (secondary N) is 1. The molecule has 1 heterocycles. The summed E-state index contributed by atoms with van der Waals surface area (Å²) in [5.74, 6) is 0. The monoisotopic (exact) mass is 316 g/mol. The predicted molar refractivity (Wildman–Crippen MR) is 77.0 cm³/mol. The Hall–Kier alpha value is -0.650. The van der Waals surface area contributed by atoms with E-state index in [1.165, 1.54) is 0 Å². The average molecular weight is 317 g/mol. The van der Waals surface area contributed by atoms with Gasteiger partial charge in [0.2, 0.25) is 0 Å². The number of hydrogen-bond acceptors (Lipinski definition) is 3. The first kappa shape index (κ1) is 15.4. The van der Waals surface area contributed by atoms with Gasteiger partial charge in [-0.1, -0.05) is 0 Å². The van der Waals surface area contributed by atoms with Gasteiger partial charge in [0.15, 0.2) is 0 Å². The molecule has 0 aliphatic rings. The third-order valence-corrected chi connectivity index (χ3v) is 2.90. The molecule has 0 aliphatic heterocycles. The van der Waals surface area contributed by atoms with E-state index in [-0.39, 0.29) is 5.56 Å². The molecule has 0 aromatic carbocycles. The molecule has 0 fully saturated rings. The van der Waals surface area contributed by atoms with E-state index in [1.54, 1.807) is 16.7 Å². The molecule has 102 valence electrons. The first-order valence-corrected chi connectivity index (χ1v) is 7.07. The predicted octanol–water partition coefficient (Wildman–Crippen LogP) is 2.02. The van der Waals surface area contributed by atoms with Gasteiger partial charge in [0.25, 0.3) is 5.56 Å². The Morgan fingerprint density at radius 1 is 1.39 bits per heavy atom. The molecule has 1 N–H and O–H groups in total. The SMILES string of the molecule is CC(C)OCCCNCCn1cc(Br)ccc1=O. The van der Waals surface area contributed by atoms with Crippen LogP contribution in [0.2, 0.25) is 0 Å². The molecule has 4 nitrogen and oxygen atoms in total. The normalized spacial score (nSPS) is 11.1. The van der Waals surface area contributed by atoms with Crippen molar-refractivity contribution < 1.29 is 4.74 Å². The van der Waals surface area contributed by atoms with Crippen molar-refractivity contribution in [2.45, 2.75) is 32.9 Å². The summed E-state index contributed by atoms with van der Waals surface area (Å²) in [6.07, 6.45) is 3.10. The number of nitrogens with zero attached hydrogens (tertiary/aromatic N) is 1. The van der Waals surface area contributed by atoms with E-state index in [2.05, 4.69) is 21.2 Å². The molecular formula is C13H21BrN2O2. The highest BCUT2D eigenvalue weighted by molar-refractivity contribution is 9.10. The Kier molecular flexibility index (Phi) is 7.23. The van der Waals surface area contributed by atoms with Crippen molar-refractivity contribution in [2.24, 2.45) is 0 Å². The largest absolute Gasteiger partial charge is 0.379 e. The highest BCUT2D eigenvalue weighted by atomic mass is 79.9. The summed E-state index contributed by atoms with van der Waals surface area (Å²) in [4.78, 5) is 11.5. The number of hydrogen-bond donors (Lipinski definition) is 1. The number of pyridine rings is 1. The van der Waals surface area contributed by atoms with Gasteiger partial charge >= 0.3 is 0 Å². The molecule has 0 aliphatic carbocycles. The quantitative estimate of drug-likeness (QED) is 0.746. The van der Waals surface area contributed by atoms with E-state index in [9.17, 15) is 4.79 Å². The minimum absolute atomic E-state index is 0.0307. The summed E-state index contributed by atoms with van der Waals surface area (Å²) >= 11 is 3.36. The Morgan fingerprint density at radius 3 is 2.89 bits per heavy atom. The fourth-order valence-corrected chi connectivity index (χ4v) is 1.90. The lowest BCUT2D eigenvalue weighted by molar-refractivity contribution is 0.0771. The van der Waals surface area contributed by atoms with E-state index in [4.69, 9.17) is 4.74 Å². The van der Waals surface area contributed by atoms with Gasteiger partial charge in [0.05, 0.1) is 6.10 Å². The first-order chi connectivity index (χ1) is 8.59. The maximum Gasteiger partial charge on any atom is 0.250 e. The lowest BCUT2D eigenvalue weighted by atomic mass is 10.4. The molecular weight excluding hydrogens is 296 g/mol. The maximum absolute atomic E-state index is 11.5. The lowest BCUT2D eigenvalue weighted by Gasteiger charge is -2.09. The molecule has 1 aromatic rings. The molecule has 0 bridgehead atoms. The summed E-state index contributed by atoms with van der Waals surface area (Å²) in [7, 11) is 0. The van der Waals surface area contributed by atoms with Crippen LogP contribution in [0.15, 0.2) is 27.6 Å². The van der Waals surface area contributed by atoms with Gasteiger partial charge < -0.3 is 14.6 Å². The molecule has 1 aromatic heterocycles. The zero-order chi connectivity index (χ0) is 13.4. The molecule has 1 rings (SSSR count). The smallest absolute Gasteiger partial charge is 0.250 e. The molecule has 5 heteroatoms. The third kappa shape index (κ3) is 6.33. The van der Waals surface area contributed by atoms with E-state index in [0.29, 0.717) is 12.6 Å². The average Bonchev–Trinajstić information content (AvgIpc) is 2.32. The van der Waals surface area contributed by atoms with E-state index in [1.807, 2.05) is 20.0 Å². The van der Waals surface area contributed by atoms with Crippen molar-refractivity contribution in [1.82, 2.24) is 9.88 Å². The molecule has 0 saturated carbocycles. The van der Waals surface area contributed by atoms with Crippen molar-refractivity contribution in [2.75, 3.05) is 19.7 Å². The zero-order valence-corrected chi connectivity index (χ0v) is 12.6. The van der Waals surface area contributed by atoms with Crippen molar-refractivity contribution >= 4 is 15.9 Å². The summed E-state index contributed by atoms with van der Waals surface area (Å²) in [6.45, 7) is 7.23. The molecule has 0 radical (unpaired) electrons. The van der Waals surface area contributed by atoms with E-state index in [0.717, 1.165) is 30.6 Å². The van der Waals surface area contributed by atoms with Gasteiger partial charge in [-0.3, -0.25) is 4.79 Å². The lowest BCUT2D eigenvalue weighted by Crippen LogP contribution is -2.27. The number of ether oxygens (including phenoxy) is 1. The minimum Gasteiger partial charge on any atom is -0.379 e. The Bertz CT molecular complexity index is 404. The van der Waals surface area contributed by atoms with Crippen molar-refractivity contribution in [1.29, 1.82) is 0 Å². The van der Waals surface area contributed by atoms with Crippen LogP contribution in [0.4, 0.5) is 0 Å². The minimum atomic E-state index is 0.0307. The highest BCUT2D eigenvalue weighted by Crippen LogP contribution is 2.04. The van der Waals surface area contributed by atoms with Crippen LogP contribution in [0.25, 0.3) is 0 Å². The summed E-state index contributed by atoms with van der Waals surface area (Å²) < 4.78 is 8.06. The Balaban J connectivity index is 2.14. The summed E-state index contributed by atoms with van der Waals surface area (Å²) in [5, 5.41) is 3.30. The second-order valence-electron chi connectivity index (χ2n) is 4.40. The number of halogens is 1. The molecule has 0 spiro atoms. The fraction of sp³-hybridized carbons (Fsp3) is 0.615. The second kappa shape index (κ2) is 8.45. The van der Waals surface area contributed by atoms with Gasteiger partial charge in [-0.25, -0.2) is 0 Å². The van der Waals surface area contributed by atoms with Gasteiger partial charge in [0.1, 0.15) is 0 Å². The third-order valence-electron chi connectivity index (χ3n) is 2.43. The molecule has 0 saturated heterocycles. The second-order valence-corrected chi connectivity index (χ2v) is 5.32. The summed E-state index contributed by atoms with van der Waals surface area (Å²) in [5.41, 5.74) is 0.0307. The highest BCUT2D eigenvalue weighted by Gasteiger charge is 1.97. The van der Waals surface area contributed by atoms with Crippen LogP contribution in [0, 0.1) is 0 Å². The molecule has 0 atom stereocenters. The van der Waals surface area contributed by atoms with Crippen LogP contribution in [0.5, 0.6) is 0 Å². The van der Waals surface area contributed by atoms with E-state index < -0.39 is 0 Å². The Labute approximate surface area is 116 Å². The van der Waals surface area contributed by atoms with Crippen molar-refractivity contribution in [3.05, 3.63) is 33.2 Å². The van der Waals surface area contributed by atoms with Crippen molar-refractivity contribution in [3.63, 3.8) is 0 Å². The van der Waals surface area contributed by atoms with E-state index >= 15 is 0 Å². The molecule has 18 heavy (non-hydrogen) atoms.